The van der Waals surface area contributed by atoms with Gasteiger partial charge in [-0.2, -0.15) is 0 Å². The van der Waals surface area contributed by atoms with E-state index in [1.54, 1.807) is 0 Å². The number of hydrogen-bond acceptors (Lipinski definition) is 3. The van der Waals surface area contributed by atoms with Gasteiger partial charge in [0.1, 0.15) is 0 Å². The Bertz CT molecular complexity index is 746. The molecule has 1 N–H and O–H groups in total. The zero-order valence-corrected chi connectivity index (χ0v) is 15.2. The Morgan fingerprint density at radius 1 is 0.923 bits per heavy atom. The first-order valence-corrected chi connectivity index (χ1v) is 9.65. The van der Waals surface area contributed by atoms with Crippen LogP contribution >= 0.6 is 0 Å². The van der Waals surface area contributed by atoms with Gasteiger partial charge in [0.2, 0.25) is 5.91 Å². The lowest BCUT2D eigenvalue weighted by molar-refractivity contribution is -0.133. The number of hydrogen-bond donors (Lipinski definition) is 1. The molecule has 2 aliphatic heterocycles. The van der Waals surface area contributed by atoms with Crippen molar-refractivity contribution in [1.29, 1.82) is 0 Å². The molecule has 136 valence electrons. The molecule has 4 nitrogen and oxygen atoms in total. The van der Waals surface area contributed by atoms with Crippen molar-refractivity contribution < 1.29 is 4.79 Å². The van der Waals surface area contributed by atoms with Crippen LogP contribution < -0.4 is 5.32 Å². The molecule has 1 amide bonds. The number of nitrogens with one attached hydrogen (secondary N) is 1. The van der Waals surface area contributed by atoms with Crippen LogP contribution in [0.1, 0.15) is 23.1 Å². The first kappa shape index (κ1) is 17.3. The molecule has 0 saturated carbocycles. The first-order chi connectivity index (χ1) is 12.8. The monoisotopic (exact) mass is 349 g/mol. The predicted octanol–water partition coefficient (Wildman–Crippen LogP) is 2.44. The van der Waals surface area contributed by atoms with Crippen LogP contribution in [-0.2, 0) is 24.3 Å². The lowest BCUT2D eigenvalue weighted by Gasteiger charge is -2.30. The molecule has 4 heteroatoms. The number of nitrogens with zero attached hydrogens (tertiary/aromatic N) is 2. The summed E-state index contributed by atoms with van der Waals surface area (Å²) >= 11 is 0. The molecule has 2 aromatic rings. The van der Waals surface area contributed by atoms with Gasteiger partial charge >= 0.3 is 0 Å². The van der Waals surface area contributed by atoms with Crippen molar-refractivity contribution in [2.24, 2.45) is 0 Å². The summed E-state index contributed by atoms with van der Waals surface area (Å²) in [6, 6.07) is 19.0. The molecule has 4 rings (SSSR count). The number of benzene rings is 2. The highest BCUT2D eigenvalue weighted by molar-refractivity contribution is 5.82. The van der Waals surface area contributed by atoms with Gasteiger partial charge in [-0.05, 0) is 29.5 Å². The van der Waals surface area contributed by atoms with Crippen molar-refractivity contribution in [3.05, 3.63) is 71.3 Å². The third kappa shape index (κ3) is 3.97. The van der Waals surface area contributed by atoms with E-state index in [9.17, 15) is 4.79 Å². The lowest BCUT2D eigenvalue weighted by atomic mass is 9.95. The molecular weight excluding hydrogens is 322 g/mol. The Labute approximate surface area is 155 Å². The van der Waals surface area contributed by atoms with Crippen molar-refractivity contribution in [3.8, 4) is 0 Å². The topological polar surface area (TPSA) is 35.6 Å². The van der Waals surface area contributed by atoms with Gasteiger partial charge in [-0.25, -0.2) is 0 Å². The maximum Gasteiger partial charge on any atom is 0.240 e. The number of fused-ring (bicyclic) bond motifs is 1. The van der Waals surface area contributed by atoms with Crippen LogP contribution in [0.5, 0.6) is 0 Å². The average molecular weight is 349 g/mol. The van der Waals surface area contributed by atoms with E-state index in [4.69, 9.17) is 0 Å². The van der Waals surface area contributed by atoms with Crippen LogP contribution in [0.15, 0.2) is 54.6 Å². The molecule has 1 atom stereocenters. The van der Waals surface area contributed by atoms with Crippen molar-refractivity contribution in [3.63, 3.8) is 0 Å². The zero-order valence-electron chi connectivity index (χ0n) is 15.2. The summed E-state index contributed by atoms with van der Waals surface area (Å²) < 4.78 is 0. The van der Waals surface area contributed by atoms with Gasteiger partial charge in [0.25, 0.3) is 0 Å². The molecule has 0 aromatic heterocycles. The molecule has 26 heavy (non-hydrogen) atoms. The average Bonchev–Trinajstić information content (AvgIpc) is 2.93. The van der Waals surface area contributed by atoms with E-state index in [-0.39, 0.29) is 11.9 Å². The number of carbonyl (C=O) groups is 1. The van der Waals surface area contributed by atoms with Crippen LogP contribution in [0.2, 0.25) is 0 Å². The smallest absolute Gasteiger partial charge is 0.240 e. The van der Waals surface area contributed by atoms with Crippen molar-refractivity contribution in [2.75, 3.05) is 26.2 Å². The van der Waals surface area contributed by atoms with E-state index < -0.39 is 0 Å². The second-order valence-electron chi connectivity index (χ2n) is 7.35. The summed E-state index contributed by atoms with van der Waals surface area (Å²) in [5.41, 5.74) is 3.98. The van der Waals surface area contributed by atoms with Crippen LogP contribution in [-0.4, -0.2) is 47.9 Å². The normalized spacial score (nSPS) is 21.1. The van der Waals surface area contributed by atoms with Gasteiger partial charge in [0, 0.05) is 39.3 Å². The maximum absolute atomic E-state index is 13.0. The Balaban J connectivity index is 1.35. The molecule has 1 unspecified atom stereocenters. The summed E-state index contributed by atoms with van der Waals surface area (Å²) in [7, 11) is 0. The van der Waals surface area contributed by atoms with Crippen LogP contribution in [0, 0.1) is 0 Å². The molecule has 2 aromatic carbocycles. The lowest BCUT2D eigenvalue weighted by Crippen LogP contribution is -2.50. The van der Waals surface area contributed by atoms with Gasteiger partial charge in [0.15, 0.2) is 0 Å². The summed E-state index contributed by atoms with van der Waals surface area (Å²) in [6.45, 7) is 5.46. The fourth-order valence-corrected chi connectivity index (χ4v) is 4.04. The van der Waals surface area contributed by atoms with E-state index in [1.165, 1.54) is 16.7 Å². The van der Waals surface area contributed by atoms with Gasteiger partial charge in [-0.1, -0.05) is 54.6 Å². The van der Waals surface area contributed by atoms with Gasteiger partial charge in [-0.15, -0.1) is 0 Å². The zero-order chi connectivity index (χ0) is 17.8. The standard InChI is InChI=1S/C22H27N3O/c26-22(21-15-19-9-4-5-10-20(19)16-23-21)25-12-6-11-24(13-14-25)17-18-7-2-1-3-8-18/h1-5,7-10,21,23H,6,11-17H2. The largest absolute Gasteiger partial charge is 0.340 e. The van der Waals surface area contributed by atoms with E-state index in [0.717, 1.165) is 52.1 Å². The molecule has 0 aliphatic carbocycles. The quantitative estimate of drug-likeness (QED) is 0.924. The number of carbonyl (C=O) groups excluding carboxylic acids is 1. The summed E-state index contributed by atoms with van der Waals surface area (Å²) in [6.07, 6.45) is 1.85. The molecule has 0 spiro atoms. The van der Waals surface area contributed by atoms with Gasteiger partial charge in [-0.3, -0.25) is 9.69 Å². The molecule has 1 fully saturated rings. The van der Waals surface area contributed by atoms with E-state index >= 15 is 0 Å². The second-order valence-corrected chi connectivity index (χ2v) is 7.35. The molecule has 0 bridgehead atoms. The summed E-state index contributed by atoms with van der Waals surface area (Å²) in [5, 5.41) is 3.44. The minimum Gasteiger partial charge on any atom is -0.340 e. The molecule has 2 heterocycles. The summed E-state index contributed by atoms with van der Waals surface area (Å²) in [5.74, 6) is 0.265. The van der Waals surface area contributed by atoms with Gasteiger partial charge < -0.3 is 10.2 Å². The summed E-state index contributed by atoms with van der Waals surface area (Å²) in [4.78, 5) is 17.6. The number of amides is 1. The third-order valence-electron chi connectivity index (χ3n) is 5.53. The number of rotatable bonds is 3. The van der Waals surface area contributed by atoms with Crippen LogP contribution in [0.25, 0.3) is 0 Å². The minimum absolute atomic E-state index is 0.0782. The second kappa shape index (κ2) is 8.02. The molecular formula is C22H27N3O. The SMILES string of the molecule is O=C(C1Cc2ccccc2CN1)N1CCCN(Cc2ccccc2)CC1. The predicted molar refractivity (Wildman–Crippen MR) is 104 cm³/mol. The van der Waals surface area contributed by atoms with Crippen LogP contribution in [0.4, 0.5) is 0 Å². The molecule has 2 aliphatic rings. The molecule has 1 saturated heterocycles. The third-order valence-corrected chi connectivity index (χ3v) is 5.53. The maximum atomic E-state index is 13.0. The fraction of sp³-hybridized carbons (Fsp3) is 0.409. The van der Waals surface area contributed by atoms with Crippen LogP contribution in [0.3, 0.4) is 0 Å². The van der Waals surface area contributed by atoms with E-state index in [0.29, 0.717) is 0 Å². The van der Waals surface area contributed by atoms with Gasteiger partial charge in [0.05, 0.1) is 6.04 Å². The van der Waals surface area contributed by atoms with E-state index in [2.05, 4.69) is 69.7 Å². The Morgan fingerprint density at radius 2 is 1.69 bits per heavy atom. The highest BCUT2D eigenvalue weighted by atomic mass is 16.2. The molecule has 0 radical (unpaired) electrons. The highest BCUT2D eigenvalue weighted by Crippen LogP contribution is 2.18. The highest BCUT2D eigenvalue weighted by Gasteiger charge is 2.29. The van der Waals surface area contributed by atoms with Crippen molar-refractivity contribution in [2.45, 2.75) is 32.0 Å². The minimum atomic E-state index is -0.0782. The Kier molecular flexibility index (Phi) is 5.32. The Morgan fingerprint density at radius 3 is 2.54 bits per heavy atom. The fourth-order valence-electron chi connectivity index (χ4n) is 4.04. The van der Waals surface area contributed by atoms with Crippen molar-refractivity contribution >= 4 is 5.91 Å². The Hall–Kier alpha value is -2.17. The van der Waals surface area contributed by atoms with Crippen molar-refractivity contribution in [1.82, 2.24) is 15.1 Å². The van der Waals surface area contributed by atoms with E-state index in [1.807, 2.05) is 0 Å². The first-order valence-electron chi connectivity index (χ1n) is 9.65.